The molecule has 6 nitrogen and oxygen atoms in total. The van der Waals surface area contributed by atoms with Crippen LogP contribution in [0.25, 0.3) is 0 Å². The van der Waals surface area contributed by atoms with Gasteiger partial charge in [0.15, 0.2) is 0 Å². The molecule has 0 aliphatic heterocycles. The number of carbonyl (C=O) groups excluding carboxylic acids is 2. The van der Waals surface area contributed by atoms with Crippen molar-refractivity contribution in [2.24, 2.45) is 0 Å². The molecule has 0 fully saturated rings. The van der Waals surface area contributed by atoms with Crippen molar-refractivity contribution in [1.29, 1.82) is 0 Å². The fraction of sp³-hybridized carbons (Fsp3) is 0.333. The molecule has 1 amide bonds. The third-order valence-corrected chi connectivity index (χ3v) is 4.13. The van der Waals surface area contributed by atoms with E-state index in [0.717, 1.165) is 15.7 Å². The maximum atomic E-state index is 12.2. The van der Waals surface area contributed by atoms with Crippen molar-refractivity contribution in [3.05, 3.63) is 51.4 Å². The second kappa shape index (κ2) is 8.31. The van der Waals surface area contributed by atoms with Gasteiger partial charge in [0.05, 0.1) is 20.2 Å². The average molecular weight is 409 g/mol. The average Bonchev–Trinajstić information content (AvgIpc) is 2.89. The zero-order valence-electron chi connectivity index (χ0n) is 14.7. The number of hydrogen-bond acceptors (Lipinski definition) is 5. The number of carbonyl (C=O) groups is 2. The largest absolute Gasteiger partial charge is 0.463 e. The minimum Gasteiger partial charge on any atom is -0.463 e. The van der Waals surface area contributed by atoms with Gasteiger partial charge in [0.25, 0.3) is 0 Å². The number of nitrogens with zero attached hydrogens (tertiary/aromatic N) is 1. The summed E-state index contributed by atoms with van der Waals surface area (Å²) in [5.74, 6) is 0.174. The van der Waals surface area contributed by atoms with Crippen molar-refractivity contribution < 1.29 is 18.7 Å². The first-order chi connectivity index (χ1) is 11.8. The van der Waals surface area contributed by atoms with Gasteiger partial charge >= 0.3 is 5.97 Å². The molecule has 7 heteroatoms. The lowest BCUT2D eigenvalue weighted by atomic mass is 10.2. The quantitative estimate of drug-likeness (QED) is 0.740. The van der Waals surface area contributed by atoms with E-state index >= 15 is 0 Å². The minimum atomic E-state index is -0.505. The van der Waals surface area contributed by atoms with Gasteiger partial charge in [0.2, 0.25) is 11.7 Å². The standard InChI is InChI=1S/C18H21BrN2O4/c1-11-7-13(19)5-6-15(11)20-16(22)10-21(3)9-14-8-12(2)17(25-14)18(23)24-4/h5-8H,9-10H2,1-4H3,(H,20,22). The van der Waals surface area contributed by atoms with Crippen LogP contribution in [0.5, 0.6) is 0 Å². The molecule has 2 rings (SSSR count). The fourth-order valence-electron chi connectivity index (χ4n) is 2.45. The zero-order chi connectivity index (χ0) is 18.6. The Morgan fingerprint density at radius 3 is 2.60 bits per heavy atom. The van der Waals surface area contributed by atoms with Crippen LogP contribution in [-0.4, -0.2) is 37.5 Å². The highest BCUT2D eigenvalue weighted by atomic mass is 79.9. The van der Waals surface area contributed by atoms with E-state index in [1.54, 1.807) is 13.0 Å². The van der Waals surface area contributed by atoms with Crippen LogP contribution in [0.1, 0.15) is 27.4 Å². The zero-order valence-corrected chi connectivity index (χ0v) is 16.3. The number of aryl methyl sites for hydroxylation is 2. The second-order valence-electron chi connectivity index (χ2n) is 5.90. The SMILES string of the molecule is COC(=O)c1oc(CN(C)CC(=O)Nc2ccc(Br)cc2C)cc1C. The van der Waals surface area contributed by atoms with Crippen LogP contribution in [0.4, 0.5) is 5.69 Å². The van der Waals surface area contributed by atoms with E-state index in [-0.39, 0.29) is 18.2 Å². The van der Waals surface area contributed by atoms with Gasteiger partial charge in [-0.15, -0.1) is 0 Å². The molecule has 1 aromatic heterocycles. The highest BCUT2D eigenvalue weighted by molar-refractivity contribution is 9.10. The molecule has 0 spiro atoms. The monoisotopic (exact) mass is 408 g/mol. The van der Waals surface area contributed by atoms with Gasteiger partial charge in [-0.3, -0.25) is 9.69 Å². The normalized spacial score (nSPS) is 10.8. The molecule has 0 bridgehead atoms. The molecule has 25 heavy (non-hydrogen) atoms. The lowest BCUT2D eigenvalue weighted by Gasteiger charge is -2.15. The predicted molar refractivity (Wildman–Crippen MR) is 98.6 cm³/mol. The van der Waals surface area contributed by atoms with Crippen LogP contribution < -0.4 is 5.32 Å². The Hall–Kier alpha value is -2.12. The molecular formula is C18H21BrN2O4. The minimum absolute atomic E-state index is 0.121. The van der Waals surface area contributed by atoms with Crippen molar-refractivity contribution in [3.8, 4) is 0 Å². The number of rotatable bonds is 6. The molecule has 0 saturated heterocycles. The lowest BCUT2D eigenvalue weighted by Crippen LogP contribution is -2.29. The third kappa shape index (κ3) is 5.17. The van der Waals surface area contributed by atoms with Crippen molar-refractivity contribution in [2.45, 2.75) is 20.4 Å². The highest BCUT2D eigenvalue weighted by Gasteiger charge is 2.17. The number of nitrogens with one attached hydrogen (secondary N) is 1. The Morgan fingerprint density at radius 2 is 1.96 bits per heavy atom. The first-order valence-electron chi connectivity index (χ1n) is 7.72. The number of benzene rings is 1. The summed E-state index contributed by atoms with van der Waals surface area (Å²) >= 11 is 3.40. The number of anilines is 1. The molecule has 0 aliphatic carbocycles. The number of amides is 1. The van der Waals surface area contributed by atoms with Gasteiger partial charge in [-0.2, -0.15) is 0 Å². The van der Waals surface area contributed by atoms with Crippen molar-refractivity contribution in [3.63, 3.8) is 0 Å². The molecule has 134 valence electrons. The number of likely N-dealkylation sites (N-methyl/N-ethyl adjacent to an activating group) is 1. The second-order valence-corrected chi connectivity index (χ2v) is 6.81. The van der Waals surface area contributed by atoms with Gasteiger partial charge in [0.1, 0.15) is 5.76 Å². The van der Waals surface area contributed by atoms with Gasteiger partial charge in [-0.1, -0.05) is 15.9 Å². The summed E-state index contributed by atoms with van der Waals surface area (Å²) in [7, 11) is 3.12. The number of hydrogen-bond donors (Lipinski definition) is 1. The number of halogens is 1. The summed E-state index contributed by atoms with van der Waals surface area (Å²) in [6, 6.07) is 7.46. The van der Waals surface area contributed by atoms with E-state index in [0.29, 0.717) is 17.9 Å². The highest BCUT2D eigenvalue weighted by Crippen LogP contribution is 2.20. The summed E-state index contributed by atoms with van der Waals surface area (Å²) in [6.07, 6.45) is 0. The lowest BCUT2D eigenvalue weighted by molar-refractivity contribution is -0.117. The Kier molecular flexibility index (Phi) is 6.39. The fourth-order valence-corrected chi connectivity index (χ4v) is 2.92. The van der Waals surface area contributed by atoms with Gasteiger partial charge < -0.3 is 14.5 Å². The molecule has 2 aromatic rings. The Morgan fingerprint density at radius 1 is 1.24 bits per heavy atom. The maximum Gasteiger partial charge on any atom is 0.374 e. The first-order valence-corrected chi connectivity index (χ1v) is 8.51. The molecule has 0 radical (unpaired) electrons. The van der Waals surface area contributed by atoms with Crippen LogP contribution in [0, 0.1) is 13.8 Å². The summed E-state index contributed by atoms with van der Waals surface area (Å²) in [6.45, 7) is 4.32. The molecule has 1 N–H and O–H groups in total. The number of methoxy groups -OCH3 is 1. The smallest absolute Gasteiger partial charge is 0.374 e. The summed E-state index contributed by atoms with van der Waals surface area (Å²) in [5.41, 5.74) is 2.48. The Bertz CT molecular complexity index is 785. The number of ether oxygens (including phenoxy) is 1. The van der Waals surface area contributed by atoms with Gasteiger partial charge in [-0.25, -0.2) is 4.79 Å². The summed E-state index contributed by atoms with van der Waals surface area (Å²) in [5, 5.41) is 2.89. The van der Waals surface area contributed by atoms with Crippen molar-refractivity contribution in [2.75, 3.05) is 26.0 Å². The van der Waals surface area contributed by atoms with Gasteiger partial charge in [-0.05, 0) is 50.7 Å². The number of furan rings is 1. The topological polar surface area (TPSA) is 71.8 Å². The molecule has 0 saturated carbocycles. The number of esters is 1. The molecule has 1 heterocycles. The van der Waals surface area contributed by atoms with Crippen LogP contribution >= 0.6 is 15.9 Å². The van der Waals surface area contributed by atoms with Crippen LogP contribution in [0.15, 0.2) is 33.2 Å². The molecular weight excluding hydrogens is 388 g/mol. The molecule has 1 aromatic carbocycles. The summed E-state index contributed by atoms with van der Waals surface area (Å²) < 4.78 is 11.2. The Balaban J connectivity index is 1.94. The van der Waals surface area contributed by atoms with E-state index in [1.165, 1.54) is 7.11 Å². The van der Waals surface area contributed by atoms with Crippen molar-refractivity contribution in [1.82, 2.24) is 4.90 Å². The Labute approximate surface area is 155 Å². The first kappa shape index (κ1) is 19.2. The van der Waals surface area contributed by atoms with E-state index in [4.69, 9.17) is 4.42 Å². The van der Waals surface area contributed by atoms with Crippen LogP contribution in [0.2, 0.25) is 0 Å². The van der Waals surface area contributed by atoms with Crippen LogP contribution in [-0.2, 0) is 16.1 Å². The maximum absolute atomic E-state index is 12.2. The van der Waals surface area contributed by atoms with E-state index in [9.17, 15) is 9.59 Å². The molecule has 0 aliphatic rings. The predicted octanol–water partition coefficient (Wildman–Crippen LogP) is 3.52. The van der Waals surface area contributed by atoms with E-state index < -0.39 is 5.97 Å². The van der Waals surface area contributed by atoms with Crippen LogP contribution in [0.3, 0.4) is 0 Å². The van der Waals surface area contributed by atoms with Gasteiger partial charge in [0, 0.05) is 15.7 Å². The van der Waals surface area contributed by atoms with E-state index in [1.807, 2.05) is 37.1 Å². The van der Waals surface area contributed by atoms with Crippen molar-refractivity contribution >= 4 is 33.5 Å². The third-order valence-electron chi connectivity index (χ3n) is 3.64. The molecule has 0 atom stereocenters. The van der Waals surface area contributed by atoms with E-state index in [2.05, 4.69) is 26.0 Å². The molecule has 0 unspecified atom stereocenters. The summed E-state index contributed by atoms with van der Waals surface area (Å²) in [4.78, 5) is 25.6.